The number of halogens is 1. The van der Waals surface area contributed by atoms with Gasteiger partial charge in [0.05, 0.1) is 0 Å². The maximum Gasteiger partial charge on any atom is 0.254 e. The molecule has 0 spiro atoms. The number of fused-ring (bicyclic) bond motifs is 1. The highest BCUT2D eigenvalue weighted by Gasteiger charge is 2.24. The summed E-state index contributed by atoms with van der Waals surface area (Å²) in [4.78, 5) is 37.3. The summed E-state index contributed by atoms with van der Waals surface area (Å²) in [5.41, 5.74) is 5.67. The van der Waals surface area contributed by atoms with E-state index >= 15 is 0 Å². The second-order valence-electron chi connectivity index (χ2n) is 10.1. The minimum Gasteiger partial charge on any atom is -0.333 e. The van der Waals surface area contributed by atoms with Crippen molar-refractivity contribution in [2.75, 3.05) is 31.1 Å². The predicted octanol–water partition coefficient (Wildman–Crippen LogP) is 6.41. The molecule has 0 N–H and O–H groups in total. The third kappa shape index (κ3) is 6.84. The summed E-state index contributed by atoms with van der Waals surface area (Å²) in [6.45, 7) is 5.53. The first kappa shape index (κ1) is 27.7. The van der Waals surface area contributed by atoms with E-state index in [9.17, 15) is 9.59 Å². The van der Waals surface area contributed by atoms with E-state index in [1.165, 1.54) is 5.56 Å². The number of aromatic nitrogens is 1. The summed E-state index contributed by atoms with van der Waals surface area (Å²) in [6.07, 6.45) is 4.42. The topological polar surface area (TPSA) is 56.8 Å². The van der Waals surface area contributed by atoms with Crippen LogP contribution in [0, 0.1) is 0 Å². The van der Waals surface area contributed by atoms with Crippen LogP contribution in [0.5, 0.6) is 0 Å². The molecule has 0 fully saturated rings. The molecular weight excluding hydrogens is 564 g/mol. The molecule has 4 aromatic rings. The van der Waals surface area contributed by atoms with Gasteiger partial charge in [0, 0.05) is 74.3 Å². The van der Waals surface area contributed by atoms with Crippen LogP contribution >= 0.6 is 15.9 Å². The van der Waals surface area contributed by atoms with Crippen molar-refractivity contribution in [3.05, 3.63) is 118 Å². The van der Waals surface area contributed by atoms with Gasteiger partial charge in [0.1, 0.15) is 0 Å². The summed E-state index contributed by atoms with van der Waals surface area (Å²) >= 11 is 3.48. The summed E-state index contributed by atoms with van der Waals surface area (Å²) in [5, 5.41) is 0. The van der Waals surface area contributed by atoms with Gasteiger partial charge in [-0.1, -0.05) is 58.4 Å². The highest BCUT2D eigenvalue weighted by atomic mass is 79.9. The van der Waals surface area contributed by atoms with Gasteiger partial charge in [0.15, 0.2) is 0 Å². The molecule has 0 atom stereocenters. The van der Waals surface area contributed by atoms with Crippen molar-refractivity contribution < 1.29 is 9.59 Å². The molecule has 0 radical (unpaired) electrons. The van der Waals surface area contributed by atoms with Crippen molar-refractivity contribution in [2.45, 2.75) is 26.4 Å². The number of hydrogen-bond donors (Lipinski definition) is 0. The molecule has 0 saturated heterocycles. The van der Waals surface area contributed by atoms with E-state index in [4.69, 9.17) is 0 Å². The second-order valence-corrected chi connectivity index (χ2v) is 11.0. The second kappa shape index (κ2) is 13.0. The summed E-state index contributed by atoms with van der Waals surface area (Å²) in [7, 11) is 0. The van der Waals surface area contributed by atoms with E-state index in [1.807, 2.05) is 70.6 Å². The number of carbonyl (C=O) groups is 2. The van der Waals surface area contributed by atoms with Crippen LogP contribution in [0.2, 0.25) is 0 Å². The first-order chi connectivity index (χ1) is 19.5. The standard InChI is InChI=1S/C33H33BrN4O2/c1-25(39)38-18-6-17-36(23-26-7-3-2-4-8-26)19-20-37(33(40)27-10-13-31(34)14-11-27)24-30-21-28(12-15-32(30)38)29-9-5-16-35-22-29/h2-5,7-16,21-22H,6,17-20,23-24H2,1H3. The van der Waals surface area contributed by atoms with Gasteiger partial charge in [-0.25, -0.2) is 0 Å². The first-order valence-corrected chi connectivity index (χ1v) is 14.4. The molecule has 0 aliphatic carbocycles. The Morgan fingerprint density at radius 2 is 1.65 bits per heavy atom. The Hall–Kier alpha value is -3.81. The number of benzene rings is 3. The Balaban J connectivity index is 1.53. The van der Waals surface area contributed by atoms with Gasteiger partial charge in [-0.15, -0.1) is 0 Å². The quantitative estimate of drug-likeness (QED) is 0.273. The first-order valence-electron chi connectivity index (χ1n) is 13.6. The lowest BCUT2D eigenvalue weighted by Crippen LogP contribution is -2.38. The van der Waals surface area contributed by atoms with E-state index in [1.54, 1.807) is 13.1 Å². The fourth-order valence-corrected chi connectivity index (χ4v) is 5.46. The van der Waals surface area contributed by atoms with Gasteiger partial charge in [-0.05, 0) is 71.1 Å². The van der Waals surface area contributed by atoms with Crippen molar-refractivity contribution in [3.8, 4) is 11.1 Å². The Morgan fingerprint density at radius 3 is 2.38 bits per heavy atom. The molecule has 2 heterocycles. The van der Waals surface area contributed by atoms with Gasteiger partial charge >= 0.3 is 0 Å². The Labute approximate surface area is 244 Å². The van der Waals surface area contributed by atoms with E-state index in [2.05, 4.69) is 56.1 Å². The largest absolute Gasteiger partial charge is 0.333 e. The summed E-state index contributed by atoms with van der Waals surface area (Å²) in [6, 6.07) is 28.0. The molecule has 6 nitrogen and oxygen atoms in total. The molecule has 204 valence electrons. The lowest BCUT2D eigenvalue weighted by molar-refractivity contribution is -0.116. The molecule has 5 rings (SSSR count). The highest BCUT2D eigenvalue weighted by Crippen LogP contribution is 2.30. The monoisotopic (exact) mass is 596 g/mol. The molecule has 0 bridgehead atoms. The average Bonchev–Trinajstić information content (AvgIpc) is 3.01. The van der Waals surface area contributed by atoms with Crippen molar-refractivity contribution >= 4 is 33.4 Å². The van der Waals surface area contributed by atoms with Crippen LogP contribution in [-0.4, -0.2) is 52.8 Å². The number of amides is 2. The Kier molecular flexibility index (Phi) is 9.04. The Morgan fingerprint density at radius 1 is 0.850 bits per heavy atom. The number of rotatable bonds is 4. The molecule has 1 aliphatic heterocycles. The van der Waals surface area contributed by atoms with Gasteiger partial charge in [0.2, 0.25) is 5.91 Å². The van der Waals surface area contributed by atoms with Gasteiger partial charge in [-0.2, -0.15) is 0 Å². The lowest BCUT2D eigenvalue weighted by Gasteiger charge is -2.28. The molecule has 1 aliphatic rings. The molecule has 2 amide bonds. The zero-order valence-electron chi connectivity index (χ0n) is 22.7. The molecule has 7 heteroatoms. The number of nitrogens with zero attached hydrogens (tertiary/aromatic N) is 4. The third-order valence-electron chi connectivity index (χ3n) is 7.28. The molecular formula is C33H33BrN4O2. The summed E-state index contributed by atoms with van der Waals surface area (Å²) < 4.78 is 0.930. The van der Waals surface area contributed by atoms with Gasteiger partial charge < -0.3 is 9.80 Å². The smallest absolute Gasteiger partial charge is 0.254 e. The number of hydrogen-bond acceptors (Lipinski definition) is 4. The number of carbonyl (C=O) groups excluding carboxylic acids is 2. The highest BCUT2D eigenvalue weighted by molar-refractivity contribution is 9.10. The fourth-order valence-electron chi connectivity index (χ4n) is 5.20. The fraction of sp³-hybridized carbons (Fsp3) is 0.242. The minimum absolute atomic E-state index is 0.00461. The predicted molar refractivity (Wildman–Crippen MR) is 163 cm³/mol. The van der Waals surface area contributed by atoms with Crippen molar-refractivity contribution in [3.63, 3.8) is 0 Å². The number of pyridine rings is 1. The van der Waals surface area contributed by atoms with Crippen LogP contribution in [0.15, 0.2) is 102 Å². The molecule has 3 aromatic carbocycles. The summed E-state index contributed by atoms with van der Waals surface area (Å²) in [5.74, 6) is -0.0338. The Bertz CT molecular complexity index is 1440. The van der Waals surface area contributed by atoms with E-state index < -0.39 is 0 Å². The third-order valence-corrected chi connectivity index (χ3v) is 7.80. The van der Waals surface area contributed by atoms with Crippen LogP contribution in [0.4, 0.5) is 5.69 Å². The maximum absolute atomic E-state index is 13.9. The van der Waals surface area contributed by atoms with Crippen LogP contribution in [-0.2, 0) is 17.9 Å². The van der Waals surface area contributed by atoms with Gasteiger partial charge in [0.25, 0.3) is 5.91 Å². The van der Waals surface area contributed by atoms with Gasteiger partial charge in [-0.3, -0.25) is 19.5 Å². The molecule has 40 heavy (non-hydrogen) atoms. The van der Waals surface area contributed by atoms with Crippen molar-refractivity contribution in [1.82, 2.24) is 14.8 Å². The minimum atomic E-state index is -0.0292. The lowest BCUT2D eigenvalue weighted by atomic mass is 10.0. The van der Waals surface area contributed by atoms with Crippen LogP contribution in [0.25, 0.3) is 11.1 Å². The average molecular weight is 598 g/mol. The van der Waals surface area contributed by atoms with Crippen LogP contribution < -0.4 is 4.90 Å². The van der Waals surface area contributed by atoms with Crippen LogP contribution in [0.3, 0.4) is 0 Å². The van der Waals surface area contributed by atoms with E-state index in [0.717, 1.165) is 52.9 Å². The molecule has 0 unspecified atom stereocenters. The number of anilines is 1. The SMILES string of the molecule is CC(=O)N1CCCN(Cc2ccccc2)CCN(C(=O)c2ccc(Br)cc2)Cc2cc(-c3cccnc3)ccc21. The van der Waals surface area contributed by atoms with E-state index in [-0.39, 0.29) is 11.8 Å². The zero-order valence-corrected chi connectivity index (χ0v) is 24.3. The zero-order chi connectivity index (χ0) is 27.9. The maximum atomic E-state index is 13.9. The molecule has 1 aromatic heterocycles. The van der Waals surface area contributed by atoms with Crippen molar-refractivity contribution in [1.29, 1.82) is 0 Å². The molecule has 0 saturated carbocycles. The van der Waals surface area contributed by atoms with E-state index in [0.29, 0.717) is 25.2 Å². The van der Waals surface area contributed by atoms with Crippen molar-refractivity contribution in [2.24, 2.45) is 0 Å². The van der Waals surface area contributed by atoms with Crippen LogP contribution in [0.1, 0.15) is 34.8 Å². The normalized spacial score (nSPS) is 14.8.